The fourth-order valence-corrected chi connectivity index (χ4v) is 8.51. The Kier molecular flexibility index (Phi) is 6.53. The SMILES string of the molecule is O=C(O)NCCOc1ccc2c(c1)CS[P](O)(Oc1ccccc1)SC2. The van der Waals surface area contributed by atoms with E-state index >= 15 is 0 Å². The summed E-state index contributed by atoms with van der Waals surface area (Å²) in [6.45, 7) is 0.494. The first-order valence-electron chi connectivity index (χ1n) is 7.91. The summed E-state index contributed by atoms with van der Waals surface area (Å²) >= 11 is 2.87. The third-order valence-corrected chi connectivity index (χ3v) is 10.6. The molecule has 1 aliphatic rings. The zero-order valence-electron chi connectivity index (χ0n) is 13.8. The van der Waals surface area contributed by atoms with Crippen LogP contribution in [-0.2, 0) is 11.5 Å². The lowest BCUT2D eigenvalue weighted by atomic mass is 10.1. The third kappa shape index (κ3) is 5.45. The summed E-state index contributed by atoms with van der Waals surface area (Å²) in [5, 5.41) is 10.8. The number of benzene rings is 2. The maximum absolute atomic E-state index is 10.9. The Labute approximate surface area is 160 Å². The molecule has 0 saturated heterocycles. The fourth-order valence-electron chi connectivity index (χ4n) is 2.30. The lowest BCUT2D eigenvalue weighted by Crippen LogP contribution is -2.26. The predicted molar refractivity (Wildman–Crippen MR) is 107 cm³/mol. The Morgan fingerprint density at radius 3 is 2.54 bits per heavy atom. The van der Waals surface area contributed by atoms with E-state index in [9.17, 15) is 9.69 Å². The molecule has 0 fully saturated rings. The number of amides is 1. The second kappa shape index (κ2) is 8.86. The van der Waals surface area contributed by atoms with Gasteiger partial charge in [0.1, 0.15) is 18.1 Å². The fraction of sp³-hybridized carbons (Fsp3) is 0.235. The average molecular weight is 412 g/mol. The number of para-hydroxylation sites is 1. The van der Waals surface area contributed by atoms with E-state index in [-0.39, 0.29) is 13.2 Å². The van der Waals surface area contributed by atoms with Crippen molar-refractivity contribution in [1.82, 2.24) is 5.32 Å². The van der Waals surface area contributed by atoms with Crippen LogP contribution in [0.5, 0.6) is 11.5 Å². The molecule has 3 rings (SSSR count). The molecule has 139 valence electrons. The van der Waals surface area contributed by atoms with E-state index in [1.807, 2.05) is 48.5 Å². The summed E-state index contributed by atoms with van der Waals surface area (Å²) in [4.78, 5) is 21.3. The van der Waals surface area contributed by atoms with Crippen molar-refractivity contribution in [3.8, 4) is 11.5 Å². The van der Waals surface area contributed by atoms with Gasteiger partial charge in [0.25, 0.3) is 6.12 Å². The van der Waals surface area contributed by atoms with Crippen LogP contribution in [0.4, 0.5) is 4.79 Å². The first-order valence-corrected chi connectivity index (χ1v) is 12.8. The van der Waals surface area contributed by atoms with Crippen molar-refractivity contribution in [2.24, 2.45) is 0 Å². The van der Waals surface area contributed by atoms with Gasteiger partial charge in [-0.3, -0.25) is 0 Å². The molecule has 9 heteroatoms. The van der Waals surface area contributed by atoms with E-state index < -0.39 is 12.2 Å². The molecule has 0 aromatic heterocycles. The highest BCUT2D eigenvalue weighted by Gasteiger charge is 2.33. The molecule has 6 nitrogen and oxygen atoms in total. The van der Waals surface area contributed by atoms with Crippen LogP contribution in [0.25, 0.3) is 0 Å². The predicted octanol–water partition coefficient (Wildman–Crippen LogP) is 4.56. The molecular formula is C17H19NO5PS2. The summed E-state index contributed by atoms with van der Waals surface area (Å²) in [5.74, 6) is 2.66. The van der Waals surface area contributed by atoms with Gasteiger partial charge < -0.3 is 24.6 Å². The van der Waals surface area contributed by atoms with Gasteiger partial charge in [-0.15, -0.1) is 0 Å². The van der Waals surface area contributed by atoms with Crippen LogP contribution >= 0.6 is 28.9 Å². The van der Waals surface area contributed by atoms with E-state index in [2.05, 4.69) is 5.32 Å². The smallest absolute Gasteiger partial charge is 0.404 e. The summed E-state index contributed by atoms with van der Waals surface area (Å²) in [6.07, 6.45) is -3.71. The Morgan fingerprint density at radius 2 is 1.81 bits per heavy atom. The van der Waals surface area contributed by atoms with E-state index in [1.165, 1.54) is 22.8 Å². The number of rotatable bonds is 6. The summed E-state index contributed by atoms with van der Waals surface area (Å²) in [6, 6.07) is 15.2. The van der Waals surface area contributed by atoms with Crippen LogP contribution in [0, 0.1) is 0 Å². The minimum Gasteiger partial charge on any atom is -0.492 e. The third-order valence-electron chi connectivity index (χ3n) is 3.56. The van der Waals surface area contributed by atoms with Gasteiger partial charge in [0, 0.05) is 11.5 Å². The number of hydrogen-bond acceptors (Lipinski definition) is 6. The Bertz CT molecular complexity index is 764. The van der Waals surface area contributed by atoms with Gasteiger partial charge in [-0.25, -0.2) is 4.79 Å². The number of nitrogens with one attached hydrogen (secondary N) is 1. The van der Waals surface area contributed by atoms with Crippen LogP contribution < -0.4 is 14.6 Å². The second-order valence-corrected chi connectivity index (χ2v) is 12.9. The molecule has 0 spiro atoms. The molecule has 0 aliphatic carbocycles. The number of carboxylic acid groups (broad SMARTS) is 1. The van der Waals surface area contributed by atoms with E-state index in [1.54, 1.807) is 0 Å². The molecule has 3 N–H and O–H groups in total. The molecule has 2 aromatic rings. The number of ether oxygens (including phenoxy) is 1. The lowest BCUT2D eigenvalue weighted by Gasteiger charge is -2.26. The maximum Gasteiger partial charge on any atom is 0.404 e. The van der Waals surface area contributed by atoms with Crippen molar-refractivity contribution in [1.29, 1.82) is 0 Å². The Morgan fingerprint density at radius 1 is 1.08 bits per heavy atom. The van der Waals surface area contributed by atoms with Crippen LogP contribution in [0.1, 0.15) is 11.1 Å². The van der Waals surface area contributed by atoms with Crippen LogP contribution in [-0.4, -0.2) is 29.2 Å². The number of carbonyl (C=O) groups is 1. The van der Waals surface area contributed by atoms with Gasteiger partial charge >= 0.3 is 6.09 Å². The molecule has 1 atom stereocenters. The quantitative estimate of drug-likeness (QED) is 0.473. The molecule has 1 unspecified atom stereocenters. The molecule has 2 aromatic carbocycles. The van der Waals surface area contributed by atoms with Crippen LogP contribution in [0.2, 0.25) is 0 Å². The first-order chi connectivity index (χ1) is 12.5. The van der Waals surface area contributed by atoms with Gasteiger partial charge in [-0.05, 0) is 35.4 Å². The average Bonchev–Trinajstić information content (AvgIpc) is 2.79. The molecule has 0 saturated carbocycles. The van der Waals surface area contributed by atoms with Crippen molar-refractivity contribution in [3.05, 3.63) is 59.7 Å². The standard InChI is InChI=1S/C17H19NO5PS2/c19-17(20)18-8-9-22-16-7-6-13-11-25-24(21,26-12-14(13)10-16)23-15-4-2-1-3-5-15/h1-7,10,18,21H,8-9,11-12H2,(H,19,20). The van der Waals surface area contributed by atoms with Crippen molar-refractivity contribution in [2.45, 2.75) is 11.5 Å². The van der Waals surface area contributed by atoms with Crippen molar-refractivity contribution >= 4 is 35.0 Å². The first kappa shape index (κ1) is 19.2. The summed E-state index contributed by atoms with van der Waals surface area (Å²) in [7, 11) is 0. The minimum absolute atomic E-state index is 0.229. The largest absolute Gasteiger partial charge is 0.492 e. The van der Waals surface area contributed by atoms with Crippen molar-refractivity contribution in [2.75, 3.05) is 13.2 Å². The van der Waals surface area contributed by atoms with E-state index in [4.69, 9.17) is 14.4 Å². The molecule has 1 aliphatic heterocycles. The van der Waals surface area contributed by atoms with Gasteiger partial charge in [-0.1, -0.05) is 47.0 Å². The Balaban J connectivity index is 1.61. The van der Waals surface area contributed by atoms with Gasteiger partial charge in [0.2, 0.25) is 0 Å². The Hall–Kier alpha value is -1.60. The van der Waals surface area contributed by atoms with E-state index in [0.717, 1.165) is 11.1 Å². The molecule has 26 heavy (non-hydrogen) atoms. The van der Waals surface area contributed by atoms with Gasteiger partial charge in [0.05, 0.1) is 6.54 Å². The second-order valence-electron chi connectivity index (χ2n) is 5.43. The lowest BCUT2D eigenvalue weighted by molar-refractivity contribution is 0.191. The van der Waals surface area contributed by atoms with Crippen LogP contribution in [0.3, 0.4) is 0 Å². The highest BCUT2D eigenvalue weighted by molar-refractivity contribution is 8.91. The summed E-state index contributed by atoms with van der Waals surface area (Å²) < 4.78 is 11.5. The molecule has 1 heterocycles. The maximum atomic E-state index is 10.9. The van der Waals surface area contributed by atoms with Crippen molar-refractivity contribution in [3.63, 3.8) is 0 Å². The topological polar surface area (TPSA) is 88.0 Å². The monoisotopic (exact) mass is 412 g/mol. The number of hydrogen-bond donors (Lipinski definition) is 3. The summed E-state index contributed by atoms with van der Waals surface area (Å²) in [5.41, 5.74) is 2.24. The minimum atomic E-state index is -2.65. The van der Waals surface area contributed by atoms with Gasteiger partial charge in [-0.2, -0.15) is 0 Å². The number of fused-ring (bicyclic) bond motifs is 1. The van der Waals surface area contributed by atoms with E-state index in [0.29, 0.717) is 23.0 Å². The highest BCUT2D eigenvalue weighted by atomic mass is 33.1. The zero-order valence-corrected chi connectivity index (χ0v) is 16.4. The van der Waals surface area contributed by atoms with Crippen LogP contribution in [0.15, 0.2) is 48.5 Å². The highest BCUT2D eigenvalue weighted by Crippen LogP contribution is 2.78. The molecule has 1 radical (unpaired) electrons. The van der Waals surface area contributed by atoms with Gasteiger partial charge in [0.15, 0.2) is 0 Å². The van der Waals surface area contributed by atoms with Crippen molar-refractivity contribution < 1.29 is 24.1 Å². The molecular weight excluding hydrogens is 393 g/mol. The molecule has 0 bridgehead atoms. The molecule has 1 amide bonds. The zero-order chi connectivity index (χ0) is 18.4. The normalized spacial score (nSPS) is 19.1.